The number of hydrogen-bond acceptors (Lipinski definition) is 7. The maximum Gasteiger partial charge on any atom is 0.277 e. The van der Waals surface area contributed by atoms with Gasteiger partial charge in [0.2, 0.25) is 0 Å². The molecule has 8 heteroatoms. The highest BCUT2D eigenvalue weighted by Crippen LogP contribution is 2.31. The van der Waals surface area contributed by atoms with E-state index in [0.717, 1.165) is 16.2 Å². The lowest BCUT2D eigenvalue weighted by Crippen LogP contribution is -1.87. The molecule has 0 spiro atoms. The minimum Gasteiger partial charge on any atom is -0.496 e. The minimum absolute atomic E-state index is 0.454. The molecular formula is C15H12N4O2S2. The van der Waals surface area contributed by atoms with Gasteiger partial charge in [0.05, 0.1) is 18.4 Å². The number of benzene rings is 1. The van der Waals surface area contributed by atoms with Crippen LogP contribution in [-0.4, -0.2) is 26.7 Å². The van der Waals surface area contributed by atoms with E-state index in [2.05, 4.69) is 15.2 Å². The Morgan fingerprint density at radius 1 is 1.30 bits per heavy atom. The third-order valence-electron chi connectivity index (χ3n) is 3.23. The second-order valence-electron chi connectivity index (χ2n) is 4.69. The topological polar surface area (TPSA) is 65.5 Å². The number of thiazole rings is 1. The number of hydrogen-bond donors (Lipinski definition) is 0. The van der Waals surface area contributed by atoms with Gasteiger partial charge in [-0.3, -0.25) is 4.40 Å². The smallest absolute Gasteiger partial charge is 0.277 e. The summed E-state index contributed by atoms with van der Waals surface area (Å²) in [7, 11) is 1.62. The van der Waals surface area contributed by atoms with E-state index in [1.165, 1.54) is 11.8 Å². The molecule has 6 nitrogen and oxygen atoms in total. The fourth-order valence-corrected chi connectivity index (χ4v) is 3.55. The molecule has 0 bridgehead atoms. The average Bonchev–Trinajstić information content (AvgIpc) is 3.28. The van der Waals surface area contributed by atoms with Crippen molar-refractivity contribution < 1.29 is 9.15 Å². The fraction of sp³-hybridized carbons (Fsp3) is 0.133. The molecule has 3 heterocycles. The Bertz CT molecular complexity index is 915. The van der Waals surface area contributed by atoms with Crippen LogP contribution in [0.5, 0.6) is 5.75 Å². The van der Waals surface area contributed by atoms with Crippen LogP contribution in [0.3, 0.4) is 0 Å². The van der Waals surface area contributed by atoms with Crippen molar-refractivity contribution in [2.24, 2.45) is 0 Å². The van der Waals surface area contributed by atoms with Gasteiger partial charge in [-0.1, -0.05) is 23.9 Å². The van der Waals surface area contributed by atoms with Crippen LogP contribution < -0.4 is 4.74 Å². The molecule has 0 radical (unpaired) electrons. The third kappa shape index (κ3) is 2.82. The third-order valence-corrected chi connectivity index (χ3v) is 4.85. The number of nitrogens with zero attached hydrogens (tertiary/aromatic N) is 4. The molecule has 0 N–H and O–H groups in total. The summed E-state index contributed by atoms with van der Waals surface area (Å²) < 4.78 is 13.0. The largest absolute Gasteiger partial charge is 0.496 e. The van der Waals surface area contributed by atoms with Gasteiger partial charge in [-0.05, 0) is 12.1 Å². The molecule has 0 saturated heterocycles. The van der Waals surface area contributed by atoms with Crippen LogP contribution in [0, 0.1) is 0 Å². The summed E-state index contributed by atoms with van der Waals surface area (Å²) in [5.74, 6) is 1.85. The summed E-state index contributed by atoms with van der Waals surface area (Å²) in [6, 6.07) is 7.57. The molecule has 0 unspecified atom stereocenters. The van der Waals surface area contributed by atoms with Crippen molar-refractivity contribution in [3.8, 4) is 17.2 Å². The Hall–Kier alpha value is -2.32. The second-order valence-corrected chi connectivity index (χ2v) is 6.49. The molecule has 3 aromatic heterocycles. The number of fused-ring (bicyclic) bond motifs is 1. The summed E-state index contributed by atoms with van der Waals surface area (Å²) in [4.78, 5) is 5.52. The van der Waals surface area contributed by atoms with Gasteiger partial charge in [0, 0.05) is 23.5 Å². The van der Waals surface area contributed by atoms with E-state index in [1.807, 2.05) is 46.4 Å². The summed E-state index contributed by atoms with van der Waals surface area (Å²) in [5.41, 5.74) is 1.77. The van der Waals surface area contributed by atoms with Crippen LogP contribution in [0.2, 0.25) is 0 Å². The molecule has 4 rings (SSSR count). The van der Waals surface area contributed by atoms with Gasteiger partial charge in [-0.25, -0.2) is 4.98 Å². The van der Waals surface area contributed by atoms with Gasteiger partial charge < -0.3 is 9.15 Å². The Morgan fingerprint density at radius 3 is 3.09 bits per heavy atom. The first kappa shape index (κ1) is 14.3. The van der Waals surface area contributed by atoms with Crippen LogP contribution >= 0.6 is 23.1 Å². The monoisotopic (exact) mass is 344 g/mol. The SMILES string of the molecule is COc1ccccc1-c1nnc(SCc2cn3ccsc3n2)o1. The van der Waals surface area contributed by atoms with E-state index in [4.69, 9.17) is 9.15 Å². The average molecular weight is 344 g/mol. The van der Waals surface area contributed by atoms with Crippen molar-refractivity contribution in [2.45, 2.75) is 11.0 Å². The van der Waals surface area contributed by atoms with Gasteiger partial charge >= 0.3 is 0 Å². The number of ether oxygens (including phenoxy) is 1. The van der Waals surface area contributed by atoms with Crippen molar-refractivity contribution >= 4 is 28.1 Å². The molecule has 1 aromatic carbocycles. The molecule has 0 atom stereocenters. The first-order valence-electron chi connectivity index (χ1n) is 6.84. The molecule has 0 saturated carbocycles. The molecular weight excluding hydrogens is 332 g/mol. The molecule has 0 aliphatic rings. The molecule has 0 aliphatic carbocycles. The van der Waals surface area contributed by atoms with Gasteiger partial charge in [-0.2, -0.15) is 0 Å². The van der Waals surface area contributed by atoms with Gasteiger partial charge in [-0.15, -0.1) is 21.5 Å². The Morgan fingerprint density at radius 2 is 2.22 bits per heavy atom. The molecule has 0 aliphatic heterocycles. The number of aromatic nitrogens is 4. The zero-order valence-electron chi connectivity index (χ0n) is 12.2. The predicted molar refractivity (Wildman–Crippen MR) is 88.9 cm³/mol. The van der Waals surface area contributed by atoms with Gasteiger partial charge in [0.25, 0.3) is 11.1 Å². The zero-order valence-corrected chi connectivity index (χ0v) is 13.8. The molecule has 116 valence electrons. The summed E-state index contributed by atoms with van der Waals surface area (Å²) >= 11 is 3.08. The number of methoxy groups -OCH3 is 1. The van der Waals surface area contributed by atoms with E-state index in [-0.39, 0.29) is 0 Å². The number of para-hydroxylation sites is 1. The molecule has 4 aromatic rings. The first-order chi connectivity index (χ1) is 11.3. The van der Waals surface area contributed by atoms with Crippen molar-refractivity contribution in [2.75, 3.05) is 7.11 Å². The van der Waals surface area contributed by atoms with Crippen molar-refractivity contribution in [1.29, 1.82) is 0 Å². The lowest BCUT2D eigenvalue weighted by Gasteiger charge is -2.03. The lowest BCUT2D eigenvalue weighted by molar-refractivity contribution is 0.411. The lowest BCUT2D eigenvalue weighted by atomic mass is 10.2. The van der Waals surface area contributed by atoms with Crippen LogP contribution in [0.15, 0.2) is 51.7 Å². The van der Waals surface area contributed by atoms with Crippen LogP contribution in [0.4, 0.5) is 0 Å². The summed E-state index contributed by atoms with van der Waals surface area (Å²) in [6.45, 7) is 0. The quantitative estimate of drug-likeness (QED) is 0.514. The normalized spacial score (nSPS) is 11.2. The molecule has 0 amide bonds. The minimum atomic E-state index is 0.454. The van der Waals surface area contributed by atoms with E-state index < -0.39 is 0 Å². The predicted octanol–water partition coefficient (Wildman–Crippen LogP) is 3.75. The Kier molecular flexibility index (Phi) is 3.76. The van der Waals surface area contributed by atoms with Gasteiger partial charge in [0.15, 0.2) is 4.96 Å². The van der Waals surface area contributed by atoms with Crippen LogP contribution in [0.1, 0.15) is 5.69 Å². The Labute approximate surface area is 140 Å². The standard InChI is InChI=1S/C15H12N4O2S2/c1-20-12-5-3-2-4-11(12)13-17-18-15(21-13)23-9-10-8-19-6-7-22-14(19)16-10/h2-8H,9H2,1H3. The van der Waals surface area contributed by atoms with Crippen LogP contribution in [-0.2, 0) is 5.75 Å². The van der Waals surface area contributed by atoms with E-state index in [9.17, 15) is 0 Å². The van der Waals surface area contributed by atoms with Gasteiger partial charge in [0.1, 0.15) is 5.75 Å². The maximum absolute atomic E-state index is 5.72. The number of thioether (sulfide) groups is 1. The second kappa shape index (κ2) is 6.05. The molecule has 23 heavy (non-hydrogen) atoms. The first-order valence-corrected chi connectivity index (χ1v) is 8.71. The number of imidazole rings is 1. The maximum atomic E-state index is 5.72. The Balaban J connectivity index is 1.50. The highest BCUT2D eigenvalue weighted by molar-refractivity contribution is 7.98. The number of rotatable bonds is 5. The van der Waals surface area contributed by atoms with Crippen molar-refractivity contribution in [3.05, 3.63) is 47.7 Å². The summed E-state index contributed by atoms with van der Waals surface area (Å²) in [5, 5.41) is 10.7. The van der Waals surface area contributed by atoms with E-state index in [0.29, 0.717) is 22.6 Å². The highest BCUT2D eigenvalue weighted by atomic mass is 32.2. The fourth-order valence-electron chi connectivity index (χ4n) is 2.18. The van der Waals surface area contributed by atoms with Crippen LogP contribution in [0.25, 0.3) is 16.4 Å². The summed E-state index contributed by atoms with van der Waals surface area (Å²) in [6.07, 6.45) is 4.00. The highest BCUT2D eigenvalue weighted by Gasteiger charge is 2.14. The molecule has 0 fully saturated rings. The van der Waals surface area contributed by atoms with E-state index in [1.54, 1.807) is 18.4 Å². The van der Waals surface area contributed by atoms with Crippen molar-refractivity contribution in [1.82, 2.24) is 19.6 Å². The van der Waals surface area contributed by atoms with Crippen molar-refractivity contribution in [3.63, 3.8) is 0 Å². The zero-order chi connectivity index (χ0) is 15.6. The van der Waals surface area contributed by atoms with E-state index >= 15 is 0 Å².